The van der Waals surface area contributed by atoms with Crippen LogP contribution in [0, 0.1) is 13.8 Å². The van der Waals surface area contributed by atoms with Crippen molar-refractivity contribution in [2.24, 2.45) is 0 Å². The largest absolute Gasteiger partial charge is 0.508 e. The number of aromatic hydroxyl groups is 4. The molecule has 1 heterocycles. The van der Waals surface area contributed by atoms with Crippen LogP contribution in [0.1, 0.15) is 11.1 Å². The molecule has 31 heavy (non-hydrogen) atoms. The number of benzene rings is 3. The maximum Gasteiger partial charge on any atom is 0.167 e. The Morgan fingerprint density at radius 1 is 0.613 bits per heavy atom. The minimum atomic E-state index is -0.206. The maximum absolute atomic E-state index is 10.3. The van der Waals surface area contributed by atoms with Crippen LogP contribution in [-0.4, -0.2) is 35.4 Å². The molecule has 156 valence electrons. The summed E-state index contributed by atoms with van der Waals surface area (Å²) in [7, 11) is 0. The van der Waals surface area contributed by atoms with Crippen LogP contribution < -0.4 is 0 Å². The number of nitrogens with zero attached hydrogens (tertiary/aromatic N) is 3. The lowest BCUT2D eigenvalue weighted by molar-refractivity contribution is 0.451. The summed E-state index contributed by atoms with van der Waals surface area (Å²) in [5.74, 6) is 0.0156. The lowest BCUT2D eigenvalue weighted by atomic mass is 10.0. The Morgan fingerprint density at radius 3 is 1.45 bits per heavy atom. The Morgan fingerprint density at radius 2 is 1.03 bits per heavy atom. The normalized spacial score (nSPS) is 10.9. The average Bonchev–Trinajstić information content (AvgIpc) is 2.67. The lowest BCUT2D eigenvalue weighted by Gasteiger charge is -2.13. The fourth-order valence-corrected chi connectivity index (χ4v) is 3.74. The van der Waals surface area contributed by atoms with E-state index >= 15 is 0 Å². The third-order valence-electron chi connectivity index (χ3n) is 4.80. The van der Waals surface area contributed by atoms with Gasteiger partial charge >= 0.3 is 0 Å². The first-order chi connectivity index (χ1) is 14.7. The lowest BCUT2D eigenvalue weighted by Crippen LogP contribution is -2.02. The van der Waals surface area contributed by atoms with Gasteiger partial charge in [0.2, 0.25) is 0 Å². The van der Waals surface area contributed by atoms with Crippen LogP contribution in [0.2, 0.25) is 5.02 Å². The molecule has 4 rings (SSSR count). The zero-order valence-electron chi connectivity index (χ0n) is 16.6. The van der Waals surface area contributed by atoms with Crippen molar-refractivity contribution in [3.8, 4) is 57.2 Å². The smallest absolute Gasteiger partial charge is 0.167 e. The summed E-state index contributed by atoms with van der Waals surface area (Å²) in [6.07, 6.45) is 0. The van der Waals surface area contributed by atoms with Gasteiger partial charge in [-0.05, 0) is 61.4 Å². The highest BCUT2D eigenvalue weighted by atomic mass is 35.5. The van der Waals surface area contributed by atoms with Gasteiger partial charge in [0, 0.05) is 22.7 Å². The van der Waals surface area contributed by atoms with Crippen molar-refractivity contribution in [1.82, 2.24) is 15.0 Å². The molecule has 4 N–H and O–H groups in total. The van der Waals surface area contributed by atoms with Gasteiger partial charge in [-0.25, -0.2) is 15.0 Å². The first-order valence-electron chi connectivity index (χ1n) is 9.31. The maximum atomic E-state index is 10.3. The van der Waals surface area contributed by atoms with Crippen LogP contribution in [0.3, 0.4) is 0 Å². The highest BCUT2D eigenvalue weighted by molar-refractivity contribution is 6.30. The van der Waals surface area contributed by atoms with Crippen molar-refractivity contribution in [1.29, 1.82) is 0 Å². The Kier molecular flexibility index (Phi) is 5.12. The van der Waals surface area contributed by atoms with E-state index in [0.717, 1.165) is 16.7 Å². The number of hydrogen-bond donors (Lipinski definition) is 4. The number of phenolic OH excluding ortho intramolecular Hbond substituents is 4. The Balaban J connectivity index is 2.02. The quantitative estimate of drug-likeness (QED) is 0.358. The molecule has 4 aromatic rings. The van der Waals surface area contributed by atoms with Gasteiger partial charge in [-0.2, -0.15) is 0 Å². The molecule has 0 aliphatic carbocycles. The van der Waals surface area contributed by atoms with E-state index in [1.807, 2.05) is 13.8 Å². The molecule has 7 nitrogen and oxygen atoms in total. The van der Waals surface area contributed by atoms with E-state index in [1.54, 1.807) is 12.1 Å². The van der Waals surface area contributed by atoms with Gasteiger partial charge in [0.15, 0.2) is 17.5 Å². The number of rotatable bonds is 3. The summed E-state index contributed by atoms with van der Waals surface area (Å²) < 4.78 is 0. The van der Waals surface area contributed by atoms with Crippen molar-refractivity contribution in [2.45, 2.75) is 13.8 Å². The minimum absolute atomic E-state index is 0.101. The topological polar surface area (TPSA) is 120 Å². The average molecular weight is 436 g/mol. The predicted octanol–water partition coefficient (Wildman–Crippen LogP) is 4.97. The van der Waals surface area contributed by atoms with Crippen LogP contribution in [0.5, 0.6) is 23.0 Å². The highest BCUT2D eigenvalue weighted by Crippen LogP contribution is 2.36. The summed E-state index contributed by atoms with van der Waals surface area (Å²) in [5, 5.41) is 40.5. The van der Waals surface area contributed by atoms with Crippen LogP contribution in [0.15, 0.2) is 48.5 Å². The van der Waals surface area contributed by atoms with Crippen LogP contribution in [0.25, 0.3) is 34.2 Å². The molecule has 0 saturated carbocycles. The fourth-order valence-electron chi connectivity index (χ4n) is 3.41. The molecule has 1 aromatic heterocycles. The van der Waals surface area contributed by atoms with E-state index in [0.29, 0.717) is 10.8 Å². The summed E-state index contributed by atoms with van der Waals surface area (Å²) in [6, 6.07) is 11.8. The number of phenols is 4. The van der Waals surface area contributed by atoms with Gasteiger partial charge < -0.3 is 20.4 Å². The monoisotopic (exact) mass is 435 g/mol. The van der Waals surface area contributed by atoms with E-state index in [9.17, 15) is 20.4 Å². The Bertz CT molecular complexity index is 1230. The highest BCUT2D eigenvalue weighted by Gasteiger charge is 2.19. The van der Waals surface area contributed by atoms with Gasteiger partial charge in [0.1, 0.15) is 23.0 Å². The van der Waals surface area contributed by atoms with Crippen molar-refractivity contribution in [3.05, 3.63) is 64.7 Å². The van der Waals surface area contributed by atoms with Gasteiger partial charge in [-0.1, -0.05) is 11.6 Å². The van der Waals surface area contributed by atoms with Gasteiger partial charge in [0.05, 0.1) is 11.1 Å². The zero-order valence-corrected chi connectivity index (χ0v) is 17.4. The van der Waals surface area contributed by atoms with Crippen molar-refractivity contribution < 1.29 is 20.4 Å². The molecular formula is C23H18ClN3O4. The molecule has 0 atom stereocenters. The second-order valence-electron chi connectivity index (χ2n) is 7.12. The number of hydrogen-bond acceptors (Lipinski definition) is 7. The Labute approximate surface area is 182 Å². The molecular weight excluding hydrogens is 418 g/mol. The van der Waals surface area contributed by atoms with Crippen LogP contribution in [-0.2, 0) is 0 Å². The third-order valence-corrected chi connectivity index (χ3v) is 5.02. The van der Waals surface area contributed by atoms with Gasteiger partial charge in [0.25, 0.3) is 0 Å². The molecule has 3 aromatic carbocycles. The summed E-state index contributed by atoms with van der Waals surface area (Å²) in [6.45, 7) is 3.76. The predicted molar refractivity (Wildman–Crippen MR) is 117 cm³/mol. The first kappa shape index (κ1) is 20.4. The summed E-state index contributed by atoms with van der Waals surface area (Å²) in [4.78, 5) is 13.5. The standard InChI is InChI=1S/C23H18ClN3O4/c1-11-7-13(24)8-12(2)20(11)23-26-21(16-5-3-14(28)9-18(16)30)25-22(27-23)17-6-4-15(29)10-19(17)31/h3-10,28-31H,1-2H3. The van der Waals surface area contributed by atoms with Gasteiger partial charge in [-0.3, -0.25) is 0 Å². The first-order valence-corrected chi connectivity index (χ1v) is 9.68. The molecule has 0 aliphatic heterocycles. The van der Waals surface area contributed by atoms with E-state index < -0.39 is 0 Å². The third kappa shape index (κ3) is 3.95. The molecule has 0 bridgehead atoms. The van der Waals surface area contributed by atoms with E-state index in [2.05, 4.69) is 15.0 Å². The molecule has 0 unspecified atom stereocenters. The van der Waals surface area contributed by atoms with Crippen molar-refractivity contribution in [3.63, 3.8) is 0 Å². The Hall–Kier alpha value is -3.84. The fraction of sp³-hybridized carbons (Fsp3) is 0.0870. The van der Waals surface area contributed by atoms with E-state index in [4.69, 9.17) is 11.6 Å². The number of halogens is 1. The second kappa shape index (κ2) is 7.77. The van der Waals surface area contributed by atoms with Crippen LogP contribution >= 0.6 is 11.6 Å². The number of aryl methyl sites for hydroxylation is 2. The molecule has 8 heteroatoms. The molecule has 0 saturated heterocycles. The zero-order chi connectivity index (χ0) is 22.3. The van der Waals surface area contributed by atoms with Crippen molar-refractivity contribution >= 4 is 11.6 Å². The molecule has 0 spiro atoms. The molecule has 0 amide bonds. The van der Waals surface area contributed by atoms with E-state index in [-0.39, 0.29) is 45.8 Å². The second-order valence-corrected chi connectivity index (χ2v) is 7.56. The van der Waals surface area contributed by atoms with E-state index in [1.165, 1.54) is 36.4 Å². The molecule has 0 radical (unpaired) electrons. The van der Waals surface area contributed by atoms with Gasteiger partial charge in [-0.15, -0.1) is 0 Å². The van der Waals surface area contributed by atoms with Crippen LogP contribution in [0.4, 0.5) is 0 Å². The molecule has 0 fully saturated rings. The minimum Gasteiger partial charge on any atom is -0.508 e. The summed E-state index contributed by atoms with van der Waals surface area (Å²) >= 11 is 6.17. The van der Waals surface area contributed by atoms with Crippen molar-refractivity contribution in [2.75, 3.05) is 0 Å². The number of aromatic nitrogens is 3. The summed E-state index contributed by atoms with van der Waals surface area (Å²) in [5.41, 5.74) is 3.00. The SMILES string of the molecule is Cc1cc(Cl)cc(C)c1-c1nc(-c2ccc(O)cc2O)nc(-c2ccc(O)cc2O)n1. The molecule has 0 aliphatic rings.